The summed E-state index contributed by atoms with van der Waals surface area (Å²) >= 11 is 0. The maximum absolute atomic E-state index is 12.4. The van der Waals surface area contributed by atoms with E-state index in [1.165, 1.54) is 19.3 Å². The van der Waals surface area contributed by atoms with Crippen LogP contribution in [0.4, 0.5) is 4.79 Å². The number of carbonyl (C=O) groups is 1. The molecule has 0 bridgehead atoms. The molecule has 2 aliphatic heterocycles. The van der Waals surface area contributed by atoms with Crippen molar-refractivity contribution in [3.05, 3.63) is 30.5 Å². The lowest BCUT2D eigenvalue weighted by Gasteiger charge is -2.24. The Morgan fingerprint density at radius 1 is 1.04 bits per heavy atom. The average Bonchev–Trinajstić information content (AvgIpc) is 3.41. The van der Waals surface area contributed by atoms with Gasteiger partial charge in [0.25, 0.3) is 0 Å². The Morgan fingerprint density at radius 3 is 2.75 bits per heavy atom. The van der Waals surface area contributed by atoms with E-state index in [1.807, 2.05) is 30.5 Å². The van der Waals surface area contributed by atoms with E-state index in [0.29, 0.717) is 13.2 Å². The summed E-state index contributed by atoms with van der Waals surface area (Å²) in [6, 6.07) is 8.06. The van der Waals surface area contributed by atoms with E-state index in [2.05, 4.69) is 15.6 Å². The molecule has 3 N–H and O–H groups in total. The third-order valence-corrected chi connectivity index (χ3v) is 6.09. The number of aromatic amines is 1. The van der Waals surface area contributed by atoms with Gasteiger partial charge in [-0.15, -0.1) is 0 Å². The highest BCUT2D eigenvalue weighted by atomic mass is 16.6. The van der Waals surface area contributed by atoms with Gasteiger partial charge in [0, 0.05) is 23.1 Å². The topological polar surface area (TPSA) is 84.6 Å². The van der Waals surface area contributed by atoms with Crippen LogP contribution < -0.4 is 15.4 Å². The molecule has 3 aliphatic rings. The standard InChI is InChI=1S/C21H27N3O4/c25-21(23-13-6-2-1-3-7-13)24-16-11-26-20-18(12-27-19(16)20)28-17-10-22-15-9-5-4-8-14(15)17/h4-5,8-10,13,16,18-20,22H,1-3,6-7,11-12H2,(H2,23,24,25)/t16-,18-,19+,20+/m0/s1. The van der Waals surface area contributed by atoms with Gasteiger partial charge in [-0.05, 0) is 25.0 Å². The van der Waals surface area contributed by atoms with Crippen LogP contribution in [0, 0.1) is 0 Å². The van der Waals surface area contributed by atoms with Crippen molar-refractivity contribution in [2.75, 3.05) is 13.2 Å². The molecule has 150 valence electrons. The molecule has 7 heteroatoms. The van der Waals surface area contributed by atoms with E-state index < -0.39 is 0 Å². The molecule has 0 spiro atoms. The lowest BCUT2D eigenvalue weighted by Crippen LogP contribution is -2.51. The number of urea groups is 1. The van der Waals surface area contributed by atoms with Crippen molar-refractivity contribution < 1.29 is 19.0 Å². The van der Waals surface area contributed by atoms with Crippen LogP contribution in [-0.2, 0) is 9.47 Å². The highest BCUT2D eigenvalue weighted by Crippen LogP contribution is 2.33. The van der Waals surface area contributed by atoms with Crippen molar-refractivity contribution in [2.45, 2.75) is 62.5 Å². The number of aromatic nitrogens is 1. The highest BCUT2D eigenvalue weighted by molar-refractivity contribution is 5.85. The summed E-state index contributed by atoms with van der Waals surface area (Å²) in [5.41, 5.74) is 1.04. The lowest BCUT2D eigenvalue weighted by atomic mass is 9.96. The van der Waals surface area contributed by atoms with E-state index in [0.717, 1.165) is 29.5 Å². The number of rotatable bonds is 4. The second kappa shape index (κ2) is 7.64. The molecular weight excluding hydrogens is 358 g/mol. The molecule has 1 aromatic carbocycles. The SMILES string of the molecule is O=C(NC1CCCCC1)N[C@H]1CO[C@H]2[C@@H]1OC[C@@H]2Oc1c[nH]c2ccccc12. The number of amides is 2. The lowest BCUT2D eigenvalue weighted by molar-refractivity contribution is 0.0310. The zero-order chi connectivity index (χ0) is 18.9. The van der Waals surface area contributed by atoms with Gasteiger partial charge in [0.15, 0.2) is 6.10 Å². The Kier molecular flexibility index (Phi) is 4.86. The van der Waals surface area contributed by atoms with Gasteiger partial charge in [-0.2, -0.15) is 0 Å². The Morgan fingerprint density at radius 2 is 1.86 bits per heavy atom. The number of H-pyrrole nitrogens is 1. The first-order valence-electron chi connectivity index (χ1n) is 10.3. The summed E-state index contributed by atoms with van der Waals surface area (Å²) in [7, 11) is 0. The van der Waals surface area contributed by atoms with E-state index in [1.54, 1.807) is 0 Å². The molecule has 3 heterocycles. The smallest absolute Gasteiger partial charge is 0.315 e. The van der Waals surface area contributed by atoms with Crippen LogP contribution in [0.25, 0.3) is 10.9 Å². The maximum Gasteiger partial charge on any atom is 0.315 e. The minimum Gasteiger partial charge on any atom is -0.483 e. The van der Waals surface area contributed by atoms with E-state index in [4.69, 9.17) is 14.2 Å². The van der Waals surface area contributed by atoms with E-state index >= 15 is 0 Å². The molecule has 3 fully saturated rings. The first-order valence-corrected chi connectivity index (χ1v) is 10.3. The normalized spacial score (nSPS) is 30.3. The Hall–Kier alpha value is -2.25. The largest absolute Gasteiger partial charge is 0.483 e. The summed E-state index contributed by atoms with van der Waals surface area (Å²) in [5, 5.41) is 7.19. The molecule has 2 saturated heterocycles. The molecule has 0 unspecified atom stereocenters. The van der Waals surface area contributed by atoms with Gasteiger partial charge < -0.3 is 29.8 Å². The quantitative estimate of drug-likeness (QED) is 0.756. The first kappa shape index (κ1) is 17.8. The molecule has 2 aromatic rings. The predicted octanol–water partition coefficient (Wildman–Crippen LogP) is 2.71. The molecule has 4 atom stereocenters. The van der Waals surface area contributed by atoms with E-state index in [-0.39, 0.29) is 36.4 Å². The number of nitrogens with one attached hydrogen (secondary N) is 3. The molecule has 1 saturated carbocycles. The molecule has 1 aromatic heterocycles. The highest BCUT2D eigenvalue weighted by Gasteiger charge is 2.49. The summed E-state index contributed by atoms with van der Waals surface area (Å²) in [6.07, 6.45) is 7.14. The van der Waals surface area contributed by atoms with Crippen molar-refractivity contribution in [1.29, 1.82) is 0 Å². The molecular formula is C21H27N3O4. The predicted molar refractivity (Wildman–Crippen MR) is 105 cm³/mol. The van der Waals surface area contributed by atoms with Crippen LogP contribution in [-0.4, -0.2) is 54.6 Å². The van der Waals surface area contributed by atoms with Gasteiger partial charge in [0.1, 0.15) is 18.0 Å². The fourth-order valence-electron chi connectivity index (χ4n) is 4.64. The van der Waals surface area contributed by atoms with Gasteiger partial charge in [-0.3, -0.25) is 0 Å². The van der Waals surface area contributed by atoms with Gasteiger partial charge in [0.2, 0.25) is 0 Å². The molecule has 7 nitrogen and oxygen atoms in total. The zero-order valence-corrected chi connectivity index (χ0v) is 15.9. The number of hydrogen-bond donors (Lipinski definition) is 3. The fourth-order valence-corrected chi connectivity index (χ4v) is 4.64. The molecule has 0 radical (unpaired) electrons. The van der Waals surface area contributed by atoms with Crippen molar-refractivity contribution in [3.8, 4) is 5.75 Å². The molecule has 5 rings (SSSR count). The van der Waals surface area contributed by atoms with Crippen molar-refractivity contribution in [3.63, 3.8) is 0 Å². The van der Waals surface area contributed by atoms with E-state index in [9.17, 15) is 4.79 Å². The number of fused-ring (bicyclic) bond motifs is 2. The van der Waals surface area contributed by atoms with Crippen LogP contribution in [0.2, 0.25) is 0 Å². The zero-order valence-electron chi connectivity index (χ0n) is 15.9. The monoisotopic (exact) mass is 385 g/mol. The van der Waals surface area contributed by atoms with Crippen molar-refractivity contribution in [2.24, 2.45) is 0 Å². The Balaban J connectivity index is 1.18. The maximum atomic E-state index is 12.4. The minimum absolute atomic E-state index is 0.120. The molecule has 2 amide bonds. The summed E-state index contributed by atoms with van der Waals surface area (Å²) < 4.78 is 18.1. The van der Waals surface area contributed by atoms with Crippen LogP contribution in [0.3, 0.4) is 0 Å². The minimum atomic E-state index is -0.183. The number of ether oxygens (including phenoxy) is 3. The van der Waals surface area contributed by atoms with Gasteiger partial charge in [-0.1, -0.05) is 31.4 Å². The van der Waals surface area contributed by atoms with Crippen molar-refractivity contribution in [1.82, 2.24) is 15.6 Å². The van der Waals surface area contributed by atoms with Crippen LogP contribution >= 0.6 is 0 Å². The number of hydrogen-bond acceptors (Lipinski definition) is 4. The third kappa shape index (κ3) is 3.44. The summed E-state index contributed by atoms with van der Waals surface area (Å²) in [5.74, 6) is 0.805. The van der Waals surface area contributed by atoms with Crippen molar-refractivity contribution >= 4 is 16.9 Å². The van der Waals surface area contributed by atoms with Gasteiger partial charge in [-0.25, -0.2) is 4.79 Å². The van der Waals surface area contributed by atoms with Gasteiger partial charge >= 0.3 is 6.03 Å². The number of carbonyl (C=O) groups excluding carboxylic acids is 1. The first-order chi connectivity index (χ1) is 13.8. The summed E-state index contributed by atoms with van der Waals surface area (Å²) in [6.45, 7) is 0.901. The van der Waals surface area contributed by atoms with Crippen LogP contribution in [0.1, 0.15) is 32.1 Å². The fraction of sp³-hybridized carbons (Fsp3) is 0.571. The van der Waals surface area contributed by atoms with Gasteiger partial charge in [0.05, 0.1) is 19.3 Å². The Labute approximate surface area is 164 Å². The third-order valence-electron chi connectivity index (χ3n) is 6.09. The molecule has 28 heavy (non-hydrogen) atoms. The summed E-state index contributed by atoms with van der Waals surface area (Å²) in [4.78, 5) is 15.6. The second-order valence-electron chi connectivity index (χ2n) is 8.01. The second-order valence-corrected chi connectivity index (χ2v) is 8.01. The Bertz CT molecular complexity index is 832. The molecule has 1 aliphatic carbocycles. The number of benzene rings is 1. The average molecular weight is 385 g/mol. The number of para-hydroxylation sites is 1. The van der Waals surface area contributed by atoms with Crippen LogP contribution in [0.15, 0.2) is 30.5 Å². The van der Waals surface area contributed by atoms with Crippen LogP contribution in [0.5, 0.6) is 5.75 Å².